The number of amides is 2. The quantitative estimate of drug-likeness (QED) is 0.474. The molecule has 0 fully saturated rings. The predicted molar refractivity (Wildman–Crippen MR) is 120 cm³/mol. The van der Waals surface area contributed by atoms with E-state index in [0.29, 0.717) is 11.4 Å². The number of nitrogens with zero attached hydrogens (tertiary/aromatic N) is 4. The Morgan fingerprint density at radius 3 is 2.76 bits per heavy atom. The Balaban J connectivity index is 1.29. The van der Waals surface area contributed by atoms with Crippen molar-refractivity contribution in [3.05, 3.63) is 64.6 Å². The standard InChI is InChI=1S/C23H21N5O5/c29-22(13-27-19-11-17(28(31)32)8-9-20(19)33-14-23(27)30)24-16-6-4-15(5-7-16)18-12-26-10-2-1-3-21(26)25-18/h4-9,11-12H,1-3,10,13-14H2,(H,24,29). The third-order valence-electron chi connectivity index (χ3n) is 5.77. The fraction of sp³-hybridized carbons (Fsp3) is 0.261. The maximum absolute atomic E-state index is 12.6. The summed E-state index contributed by atoms with van der Waals surface area (Å²) in [6.07, 6.45) is 5.37. The molecule has 3 heterocycles. The second kappa shape index (κ2) is 8.38. The average molecular weight is 447 g/mol. The van der Waals surface area contributed by atoms with Crippen LogP contribution in [-0.4, -0.2) is 39.4 Å². The van der Waals surface area contributed by atoms with Crippen molar-refractivity contribution in [2.45, 2.75) is 25.8 Å². The van der Waals surface area contributed by atoms with Crippen LogP contribution < -0.4 is 15.0 Å². The number of nitrogens with one attached hydrogen (secondary N) is 1. The molecule has 1 N–H and O–H groups in total. The smallest absolute Gasteiger partial charge is 0.271 e. The zero-order valence-corrected chi connectivity index (χ0v) is 17.7. The van der Waals surface area contributed by atoms with Gasteiger partial charge in [-0.25, -0.2) is 4.98 Å². The number of ether oxygens (including phenoxy) is 1. The molecule has 0 bridgehead atoms. The Morgan fingerprint density at radius 1 is 1.18 bits per heavy atom. The number of nitro benzene ring substituents is 1. The summed E-state index contributed by atoms with van der Waals surface area (Å²) in [6, 6.07) is 11.3. The number of hydrogen-bond donors (Lipinski definition) is 1. The zero-order valence-electron chi connectivity index (χ0n) is 17.7. The maximum atomic E-state index is 12.6. The Bertz CT molecular complexity index is 1230. The molecule has 5 rings (SSSR count). The Morgan fingerprint density at radius 2 is 2.00 bits per heavy atom. The number of benzene rings is 2. The first kappa shape index (κ1) is 20.7. The summed E-state index contributed by atoms with van der Waals surface area (Å²) in [7, 11) is 0. The van der Waals surface area contributed by atoms with Crippen LogP contribution >= 0.6 is 0 Å². The predicted octanol–water partition coefficient (Wildman–Crippen LogP) is 3.16. The van der Waals surface area contributed by atoms with E-state index >= 15 is 0 Å². The highest BCUT2D eigenvalue weighted by Gasteiger charge is 2.29. The van der Waals surface area contributed by atoms with Crippen molar-refractivity contribution in [3.8, 4) is 17.0 Å². The van der Waals surface area contributed by atoms with E-state index in [-0.39, 0.29) is 24.5 Å². The van der Waals surface area contributed by atoms with E-state index in [9.17, 15) is 19.7 Å². The van der Waals surface area contributed by atoms with Gasteiger partial charge in [-0.15, -0.1) is 0 Å². The molecule has 0 saturated carbocycles. The van der Waals surface area contributed by atoms with Gasteiger partial charge in [-0.05, 0) is 31.0 Å². The van der Waals surface area contributed by atoms with Crippen LogP contribution in [0, 0.1) is 10.1 Å². The normalized spacial score (nSPS) is 14.8. The number of fused-ring (bicyclic) bond motifs is 2. The largest absolute Gasteiger partial charge is 0.482 e. The van der Waals surface area contributed by atoms with Gasteiger partial charge in [0.25, 0.3) is 11.6 Å². The second-order valence-electron chi connectivity index (χ2n) is 8.00. The summed E-state index contributed by atoms with van der Waals surface area (Å²) in [6.45, 7) is 0.469. The molecule has 2 aliphatic heterocycles. The molecule has 0 unspecified atom stereocenters. The van der Waals surface area contributed by atoms with Crippen LogP contribution in [0.2, 0.25) is 0 Å². The molecule has 0 spiro atoms. The molecule has 2 aliphatic rings. The maximum Gasteiger partial charge on any atom is 0.271 e. The third-order valence-corrected chi connectivity index (χ3v) is 5.77. The zero-order chi connectivity index (χ0) is 22.9. The van der Waals surface area contributed by atoms with E-state index < -0.39 is 16.7 Å². The van der Waals surface area contributed by atoms with Gasteiger partial charge in [0.2, 0.25) is 5.91 Å². The van der Waals surface area contributed by atoms with Crippen molar-refractivity contribution in [1.82, 2.24) is 9.55 Å². The molecular formula is C23H21N5O5. The molecule has 0 saturated heterocycles. The number of nitro groups is 1. The van der Waals surface area contributed by atoms with Crippen molar-refractivity contribution in [1.29, 1.82) is 0 Å². The monoisotopic (exact) mass is 447 g/mol. The first-order valence-corrected chi connectivity index (χ1v) is 10.7. The molecule has 0 aliphatic carbocycles. The highest BCUT2D eigenvalue weighted by Crippen LogP contribution is 2.35. The van der Waals surface area contributed by atoms with E-state index in [2.05, 4.69) is 16.1 Å². The molecule has 3 aromatic rings. The summed E-state index contributed by atoms with van der Waals surface area (Å²) in [5.41, 5.74) is 2.46. The highest BCUT2D eigenvalue weighted by molar-refractivity contribution is 6.05. The van der Waals surface area contributed by atoms with Crippen molar-refractivity contribution in [2.24, 2.45) is 0 Å². The van der Waals surface area contributed by atoms with Crippen molar-refractivity contribution in [3.63, 3.8) is 0 Å². The SMILES string of the molecule is O=C(CN1C(=O)COc2ccc([N+](=O)[O-])cc21)Nc1ccc(-c2cn3c(n2)CCCC3)cc1. The number of aryl methyl sites for hydroxylation is 2. The molecule has 10 heteroatoms. The van der Waals surface area contributed by atoms with Gasteiger partial charge >= 0.3 is 0 Å². The number of non-ortho nitro benzene ring substituents is 1. The van der Waals surface area contributed by atoms with E-state index in [1.807, 2.05) is 12.1 Å². The summed E-state index contributed by atoms with van der Waals surface area (Å²) in [5.74, 6) is 0.551. The Hall–Kier alpha value is -4.21. The molecular weight excluding hydrogens is 426 g/mol. The molecule has 168 valence electrons. The first-order valence-electron chi connectivity index (χ1n) is 10.7. The van der Waals surface area contributed by atoms with Crippen LogP contribution in [0.3, 0.4) is 0 Å². The number of hydrogen-bond acceptors (Lipinski definition) is 6. The summed E-state index contributed by atoms with van der Waals surface area (Å²) >= 11 is 0. The molecule has 2 aromatic carbocycles. The van der Waals surface area contributed by atoms with E-state index in [0.717, 1.165) is 42.9 Å². The van der Waals surface area contributed by atoms with Crippen LogP contribution in [0.4, 0.5) is 17.1 Å². The molecule has 0 radical (unpaired) electrons. The molecule has 10 nitrogen and oxygen atoms in total. The lowest BCUT2D eigenvalue weighted by Crippen LogP contribution is -2.43. The van der Waals surface area contributed by atoms with Gasteiger partial charge in [-0.3, -0.25) is 24.6 Å². The second-order valence-corrected chi connectivity index (χ2v) is 8.00. The van der Waals surface area contributed by atoms with E-state index in [1.54, 1.807) is 12.1 Å². The fourth-order valence-corrected chi connectivity index (χ4v) is 4.10. The fourth-order valence-electron chi connectivity index (χ4n) is 4.10. The lowest BCUT2D eigenvalue weighted by molar-refractivity contribution is -0.384. The Labute approximate surface area is 188 Å². The van der Waals surface area contributed by atoms with Gasteiger partial charge < -0.3 is 14.6 Å². The highest BCUT2D eigenvalue weighted by atomic mass is 16.6. The average Bonchev–Trinajstić information content (AvgIpc) is 3.25. The summed E-state index contributed by atoms with van der Waals surface area (Å²) < 4.78 is 7.52. The number of carbonyl (C=O) groups is 2. The van der Waals surface area contributed by atoms with Crippen LogP contribution in [0.1, 0.15) is 18.7 Å². The minimum atomic E-state index is -0.560. The Kier molecular flexibility index (Phi) is 5.25. The van der Waals surface area contributed by atoms with Crippen molar-refractivity contribution < 1.29 is 19.2 Å². The van der Waals surface area contributed by atoms with Crippen LogP contribution in [-0.2, 0) is 22.6 Å². The van der Waals surface area contributed by atoms with Gasteiger partial charge in [0.05, 0.1) is 16.3 Å². The number of aromatic nitrogens is 2. The van der Waals surface area contributed by atoms with Crippen LogP contribution in [0.15, 0.2) is 48.7 Å². The summed E-state index contributed by atoms with van der Waals surface area (Å²) in [4.78, 5) is 41.5. The summed E-state index contributed by atoms with van der Waals surface area (Å²) in [5, 5.41) is 13.9. The van der Waals surface area contributed by atoms with Gasteiger partial charge in [0.1, 0.15) is 18.1 Å². The minimum Gasteiger partial charge on any atom is -0.482 e. The van der Waals surface area contributed by atoms with Crippen molar-refractivity contribution >= 4 is 28.9 Å². The number of carbonyl (C=O) groups excluding carboxylic acids is 2. The van der Waals surface area contributed by atoms with Gasteiger partial charge in [-0.1, -0.05) is 12.1 Å². The van der Waals surface area contributed by atoms with Crippen LogP contribution in [0.25, 0.3) is 11.3 Å². The lowest BCUT2D eigenvalue weighted by Gasteiger charge is -2.28. The minimum absolute atomic E-state index is 0.186. The molecule has 2 amide bonds. The van der Waals surface area contributed by atoms with Gasteiger partial charge in [-0.2, -0.15) is 0 Å². The molecule has 1 aromatic heterocycles. The molecule has 33 heavy (non-hydrogen) atoms. The lowest BCUT2D eigenvalue weighted by atomic mass is 10.1. The first-order chi connectivity index (χ1) is 16.0. The molecule has 0 atom stereocenters. The number of imidazole rings is 1. The number of rotatable bonds is 5. The topological polar surface area (TPSA) is 120 Å². The van der Waals surface area contributed by atoms with Gasteiger partial charge in [0.15, 0.2) is 6.61 Å². The van der Waals surface area contributed by atoms with E-state index in [4.69, 9.17) is 9.72 Å². The third kappa shape index (κ3) is 4.14. The van der Waals surface area contributed by atoms with Crippen LogP contribution in [0.5, 0.6) is 5.75 Å². The number of anilines is 2. The van der Waals surface area contributed by atoms with E-state index in [1.165, 1.54) is 23.1 Å². The van der Waals surface area contributed by atoms with Crippen molar-refractivity contribution in [2.75, 3.05) is 23.4 Å². The van der Waals surface area contributed by atoms with Gasteiger partial charge in [0, 0.05) is 42.5 Å².